The van der Waals surface area contributed by atoms with Gasteiger partial charge in [-0.05, 0) is 19.8 Å². The molecular formula is C14H22F8. The third-order valence-electron chi connectivity index (χ3n) is 4.12. The van der Waals surface area contributed by atoms with E-state index in [1.54, 1.807) is 0 Å². The molecule has 0 spiro atoms. The highest BCUT2D eigenvalue weighted by Crippen LogP contribution is 2.51. The topological polar surface area (TPSA) is 0 Å². The van der Waals surface area contributed by atoms with E-state index in [2.05, 4.69) is 6.92 Å². The Kier molecular flexibility index (Phi) is 7.15. The quantitative estimate of drug-likeness (QED) is 0.511. The van der Waals surface area contributed by atoms with E-state index in [1.807, 2.05) is 0 Å². The molecular weight excluding hydrogens is 320 g/mol. The molecule has 0 aromatic heterocycles. The van der Waals surface area contributed by atoms with Gasteiger partial charge in [0.25, 0.3) is 0 Å². The van der Waals surface area contributed by atoms with Crippen LogP contribution in [0, 0.1) is 5.92 Å². The number of hydrogen-bond donors (Lipinski definition) is 0. The number of alkyl halides is 8. The van der Waals surface area contributed by atoms with Crippen LogP contribution in [-0.2, 0) is 0 Å². The average molecular weight is 342 g/mol. The molecule has 0 saturated heterocycles. The minimum Gasteiger partial charge on any atom is -0.230 e. The lowest BCUT2D eigenvalue weighted by Gasteiger charge is -2.36. The lowest BCUT2D eigenvalue weighted by atomic mass is 9.88. The average Bonchev–Trinajstić information content (AvgIpc) is 2.80. The van der Waals surface area contributed by atoms with Crippen LogP contribution in [0.4, 0.5) is 35.1 Å². The van der Waals surface area contributed by atoms with Crippen molar-refractivity contribution in [3.05, 3.63) is 0 Å². The summed E-state index contributed by atoms with van der Waals surface area (Å²) in [7, 11) is 0. The zero-order valence-electron chi connectivity index (χ0n) is 12.8. The molecule has 1 aliphatic carbocycles. The highest BCUT2D eigenvalue weighted by Gasteiger charge is 2.74. The summed E-state index contributed by atoms with van der Waals surface area (Å²) in [4.78, 5) is 0. The second-order valence-electron chi connectivity index (χ2n) is 5.94. The summed E-state index contributed by atoms with van der Waals surface area (Å²) in [5.74, 6) is 1.11. The van der Waals surface area contributed by atoms with Crippen LogP contribution in [0.2, 0.25) is 0 Å². The van der Waals surface area contributed by atoms with Gasteiger partial charge in [-0.2, -0.15) is 26.3 Å². The second kappa shape index (κ2) is 7.34. The maximum atomic E-state index is 12.7. The molecule has 1 aliphatic rings. The molecule has 1 fully saturated rings. The Bertz CT molecular complexity index is 297. The fourth-order valence-electron chi connectivity index (χ4n) is 2.24. The van der Waals surface area contributed by atoms with Gasteiger partial charge in [0.1, 0.15) is 0 Å². The summed E-state index contributed by atoms with van der Waals surface area (Å²) in [6, 6.07) is 0. The lowest BCUT2D eigenvalue weighted by Crippen LogP contribution is -2.61. The number of rotatable bonds is 3. The Balaban J connectivity index is 0.000000461. The Labute approximate surface area is 125 Å². The number of halogens is 8. The first-order chi connectivity index (χ1) is 9.68. The van der Waals surface area contributed by atoms with E-state index in [4.69, 9.17) is 0 Å². The standard InChI is InChI=1S/C8H16.C6H6F8/c1-2-5-8-6-3-4-7-8;1-3(7,5(9,10)11)4(2,8)6(12,13)14/h8H,2-7H2,1H3;1-2H3. The Morgan fingerprint density at radius 3 is 1.27 bits per heavy atom. The molecule has 0 aliphatic heterocycles. The molecule has 0 heterocycles. The first-order valence-electron chi connectivity index (χ1n) is 7.19. The summed E-state index contributed by atoms with van der Waals surface area (Å²) >= 11 is 0. The highest BCUT2D eigenvalue weighted by atomic mass is 19.4. The monoisotopic (exact) mass is 342 g/mol. The molecule has 1 saturated carbocycles. The summed E-state index contributed by atoms with van der Waals surface area (Å²) in [6.07, 6.45) is -2.92. The summed E-state index contributed by atoms with van der Waals surface area (Å²) in [5, 5.41) is 0. The van der Waals surface area contributed by atoms with Crippen molar-refractivity contribution < 1.29 is 35.1 Å². The molecule has 2 unspecified atom stereocenters. The van der Waals surface area contributed by atoms with Crippen LogP contribution in [0.1, 0.15) is 59.3 Å². The normalized spacial score (nSPS) is 22.5. The van der Waals surface area contributed by atoms with E-state index in [0.29, 0.717) is 0 Å². The zero-order valence-corrected chi connectivity index (χ0v) is 12.8. The maximum absolute atomic E-state index is 12.7. The van der Waals surface area contributed by atoms with Crippen molar-refractivity contribution in [3.63, 3.8) is 0 Å². The third-order valence-corrected chi connectivity index (χ3v) is 4.12. The molecule has 22 heavy (non-hydrogen) atoms. The SMILES string of the molecule is CC(F)(C(F)(F)F)C(C)(F)C(F)(F)F.CCCC1CCCC1. The molecule has 8 heteroatoms. The molecule has 0 bridgehead atoms. The molecule has 0 nitrogen and oxygen atoms in total. The van der Waals surface area contributed by atoms with E-state index in [1.165, 1.54) is 38.5 Å². The lowest BCUT2D eigenvalue weighted by molar-refractivity contribution is -0.332. The fraction of sp³-hybridized carbons (Fsp3) is 1.00. The van der Waals surface area contributed by atoms with Crippen LogP contribution in [-0.4, -0.2) is 23.7 Å². The van der Waals surface area contributed by atoms with Gasteiger partial charge in [-0.3, -0.25) is 0 Å². The molecule has 0 aromatic rings. The molecule has 0 N–H and O–H groups in total. The maximum Gasteiger partial charge on any atom is 0.425 e. The van der Waals surface area contributed by atoms with E-state index in [0.717, 1.165) is 5.92 Å². The molecule has 134 valence electrons. The van der Waals surface area contributed by atoms with Gasteiger partial charge in [-0.1, -0.05) is 45.4 Å². The van der Waals surface area contributed by atoms with Gasteiger partial charge >= 0.3 is 12.4 Å². The van der Waals surface area contributed by atoms with E-state index in [9.17, 15) is 35.1 Å². The van der Waals surface area contributed by atoms with E-state index < -0.39 is 37.5 Å². The van der Waals surface area contributed by atoms with Gasteiger partial charge in [0.2, 0.25) is 11.3 Å². The van der Waals surface area contributed by atoms with E-state index in [-0.39, 0.29) is 0 Å². The second-order valence-corrected chi connectivity index (χ2v) is 5.94. The minimum absolute atomic E-state index is 0.486. The Hall–Kier alpha value is -0.560. The van der Waals surface area contributed by atoms with Crippen LogP contribution in [0.15, 0.2) is 0 Å². The van der Waals surface area contributed by atoms with Gasteiger partial charge in [-0.25, -0.2) is 8.78 Å². The summed E-state index contributed by atoms with van der Waals surface area (Å²) < 4.78 is 95.8. The smallest absolute Gasteiger partial charge is 0.230 e. The van der Waals surface area contributed by atoms with Crippen molar-refractivity contribution in [2.24, 2.45) is 5.92 Å². The fourth-order valence-corrected chi connectivity index (χ4v) is 2.24. The first-order valence-corrected chi connectivity index (χ1v) is 7.19. The van der Waals surface area contributed by atoms with Gasteiger partial charge in [0, 0.05) is 0 Å². The predicted octanol–water partition coefficient (Wildman–Crippen LogP) is 6.54. The van der Waals surface area contributed by atoms with Crippen LogP contribution in [0.5, 0.6) is 0 Å². The van der Waals surface area contributed by atoms with Crippen molar-refractivity contribution in [2.75, 3.05) is 0 Å². The molecule has 1 rings (SSSR count). The predicted molar refractivity (Wildman–Crippen MR) is 68.0 cm³/mol. The van der Waals surface area contributed by atoms with Gasteiger partial charge in [0.15, 0.2) is 0 Å². The van der Waals surface area contributed by atoms with Gasteiger partial charge in [0.05, 0.1) is 0 Å². The molecule has 0 radical (unpaired) electrons. The summed E-state index contributed by atoms with van der Waals surface area (Å²) in [6.45, 7) is 1.32. The van der Waals surface area contributed by atoms with Crippen molar-refractivity contribution >= 4 is 0 Å². The zero-order chi connectivity index (χ0) is 17.8. The minimum atomic E-state index is -5.92. The van der Waals surface area contributed by atoms with Gasteiger partial charge < -0.3 is 0 Å². The third kappa shape index (κ3) is 4.98. The van der Waals surface area contributed by atoms with Crippen molar-refractivity contribution in [1.29, 1.82) is 0 Å². The van der Waals surface area contributed by atoms with E-state index >= 15 is 0 Å². The van der Waals surface area contributed by atoms with Crippen molar-refractivity contribution in [3.8, 4) is 0 Å². The van der Waals surface area contributed by atoms with Crippen LogP contribution in [0.3, 0.4) is 0 Å². The first kappa shape index (κ1) is 21.4. The number of hydrogen-bond acceptors (Lipinski definition) is 0. The Morgan fingerprint density at radius 1 is 0.727 bits per heavy atom. The molecule has 2 atom stereocenters. The van der Waals surface area contributed by atoms with Crippen LogP contribution < -0.4 is 0 Å². The van der Waals surface area contributed by atoms with Crippen molar-refractivity contribution in [2.45, 2.75) is 83.0 Å². The summed E-state index contributed by atoms with van der Waals surface area (Å²) in [5.41, 5.74) is -9.95. The van der Waals surface area contributed by atoms with Crippen LogP contribution in [0.25, 0.3) is 0 Å². The largest absolute Gasteiger partial charge is 0.425 e. The highest BCUT2D eigenvalue weighted by molar-refractivity contribution is 5.04. The van der Waals surface area contributed by atoms with Gasteiger partial charge in [-0.15, -0.1) is 0 Å². The Morgan fingerprint density at radius 2 is 1.05 bits per heavy atom. The van der Waals surface area contributed by atoms with Crippen molar-refractivity contribution in [1.82, 2.24) is 0 Å². The van der Waals surface area contributed by atoms with Crippen LogP contribution >= 0.6 is 0 Å². The molecule has 0 amide bonds. The molecule has 0 aromatic carbocycles.